The van der Waals surface area contributed by atoms with E-state index in [4.69, 9.17) is 0 Å². The van der Waals surface area contributed by atoms with Gasteiger partial charge in [0.15, 0.2) is 0 Å². The molecule has 0 aliphatic rings. The third-order valence-electron chi connectivity index (χ3n) is 3.85. The van der Waals surface area contributed by atoms with E-state index in [9.17, 15) is 4.39 Å². The normalized spacial score (nSPS) is 10.6. The lowest BCUT2D eigenvalue weighted by Gasteiger charge is -2.15. The second-order valence-electron chi connectivity index (χ2n) is 6.15. The lowest BCUT2D eigenvalue weighted by atomic mass is 10.0. The summed E-state index contributed by atoms with van der Waals surface area (Å²) >= 11 is 0. The highest BCUT2D eigenvalue weighted by Gasteiger charge is 2.15. The van der Waals surface area contributed by atoms with Crippen LogP contribution in [0.15, 0.2) is 48.5 Å². The molecule has 25 heavy (non-hydrogen) atoms. The molecule has 0 fully saturated rings. The third-order valence-corrected chi connectivity index (χ3v) is 3.85. The zero-order valence-corrected chi connectivity index (χ0v) is 14.7. The van der Waals surface area contributed by atoms with Crippen molar-refractivity contribution in [3.63, 3.8) is 0 Å². The Kier molecular flexibility index (Phi) is 4.61. The first-order valence-electron chi connectivity index (χ1n) is 7.91. The highest BCUT2D eigenvalue weighted by molar-refractivity contribution is 5.78. The first-order chi connectivity index (χ1) is 12.0. The van der Waals surface area contributed by atoms with Crippen molar-refractivity contribution in [3.05, 3.63) is 54.3 Å². The predicted molar refractivity (Wildman–Crippen MR) is 99.3 cm³/mol. The van der Waals surface area contributed by atoms with Gasteiger partial charge in [-0.05, 0) is 36.4 Å². The molecule has 0 radical (unpaired) electrons. The number of nitrogens with zero attached hydrogens (tertiary/aromatic N) is 5. The highest BCUT2D eigenvalue weighted by atomic mass is 19.1. The van der Waals surface area contributed by atoms with Gasteiger partial charge in [-0.2, -0.15) is 0 Å². The summed E-state index contributed by atoms with van der Waals surface area (Å²) < 4.78 is 13.3. The summed E-state index contributed by atoms with van der Waals surface area (Å²) in [7, 11) is 7.73. The van der Waals surface area contributed by atoms with Gasteiger partial charge in [-0.1, -0.05) is 12.1 Å². The van der Waals surface area contributed by atoms with Crippen LogP contribution in [0.4, 0.5) is 16.0 Å². The number of rotatable bonds is 4. The average molecular weight is 337 g/mol. The van der Waals surface area contributed by atoms with Crippen LogP contribution in [0.2, 0.25) is 0 Å². The zero-order valence-electron chi connectivity index (χ0n) is 14.7. The Morgan fingerprint density at radius 1 is 0.680 bits per heavy atom. The molecule has 0 bridgehead atoms. The van der Waals surface area contributed by atoms with Crippen LogP contribution in [0.3, 0.4) is 0 Å². The van der Waals surface area contributed by atoms with E-state index in [2.05, 4.69) is 15.2 Å². The van der Waals surface area contributed by atoms with Gasteiger partial charge >= 0.3 is 0 Å². The number of benzene rings is 2. The fourth-order valence-electron chi connectivity index (χ4n) is 2.43. The van der Waals surface area contributed by atoms with E-state index in [0.717, 1.165) is 22.5 Å². The number of anilines is 2. The van der Waals surface area contributed by atoms with Gasteiger partial charge in [-0.3, -0.25) is 0 Å². The molecule has 0 atom stereocenters. The largest absolute Gasteiger partial charge is 0.378 e. The van der Waals surface area contributed by atoms with E-state index >= 15 is 0 Å². The van der Waals surface area contributed by atoms with Gasteiger partial charge in [0.25, 0.3) is 0 Å². The summed E-state index contributed by atoms with van der Waals surface area (Å²) in [6, 6.07) is 14.3. The molecule has 0 unspecified atom stereocenters. The predicted octanol–water partition coefficient (Wildman–Crippen LogP) is 3.48. The number of hydrogen-bond acceptors (Lipinski definition) is 5. The molecule has 6 heteroatoms. The fourth-order valence-corrected chi connectivity index (χ4v) is 2.43. The van der Waals surface area contributed by atoms with E-state index in [1.807, 2.05) is 57.4 Å². The minimum atomic E-state index is -0.286. The van der Waals surface area contributed by atoms with Gasteiger partial charge in [0, 0.05) is 45.0 Å². The van der Waals surface area contributed by atoms with Gasteiger partial charge in [-0.15, -0.1) is 10.2 Å². The zero-order chi connectivity index (χ0) is 18.0. The minimum absolute atomic E-state index is 0.286. The molecule has 0 N–H and O–H groups in total. The van der Waals surface area contributed by atoms with E-state index < -0.39 is 0 Å². The SMILES string of the molecule is CN(C)c1ccc(-c2nc(N(C)C)nnc2-c2ccc(F)cc2)cc1. The van der Waals surface area contributed by atoms with Gasteiger partial charge < -0.3 is 9.80 Å². The molecular weight excluding hydrogens is 317 g/mol. The second-order valence-corrected chi connectivity index (χ2v) is 6.15. The summed E-state index contributed by atoms with van der Waals surface area (Å²) in [6.07, 6.45) is 0. The summed E-state index contributed by atoms with van der Waals surface area (Å²) in [6.45, 7) is 0. The standard InChI is InChI=1S/C19H20FN5/c1-24(2)16-11-7-13(8-12-16)17-18(14-5-9-15(20)10-6-14)22-23-19(21-17)25(3)4/h5-12H,1-4H3. The molecule has 5 nitrogen and oxygen atoms in total. The first-order valence-corrected chi connectivity index (χ1v) is 7.91. The van der Waals surface area contributed by atoms with Crippen LogP contribution in [-0.2, 0) is 0 Å². The summed E-state index contributed by atoms with van der Waals surface area (Å²) in [5.41, 5.74) is 4.15. The summed E-state index contributed by atoms with van der Waals surface area (Å²) in [5, 5.41) is 8.52. The van der Waals surface area contributed by atoms with Crippen LogP contribution < -0.4 is 9.80 Å². The van der Waals surface area contributed by atoms with Crippen molar-refractivity contribution in [3.8, 4) is 22.5 Å². The molecule has 0 aliphatic heterocycles. The van der Waals surface area contributed by atoms with E-state index in [-0.39, 0.29) is 5.82 Å². The molecule has 3 aromatic rings. The van der Waals surface area contributed by atoms with Crippen LogP contribution in [0, 0.1) is 5.82 Å². The lowest BCUT2D eigenvalue weighted by molar-refractivity contribution is 0.628. The Morgan fingerprint density at radius 3 is 1.80 bits per heavy atom. The smallest absolute Gasteiger partial charge is 0.245 e. The Morgan fingerprint density at radius 2 is 1.24 bits per heavy atom. The Balaban J connectivity index is 2.14. The molecule has 0 spiro atoms. The number of aromatic nitrogens is 3. The van der Waals surface area contributed by atoms with Crippen LogP contribution in [0.5, 0.6) is 0 Å². The molecule has 0 saturated carbocycles. The van der Waals surface area contributed by atoms with Crippen molar-refractivity contribution < 1.29 is 4.39 Å². The fraction of sp³-hybridized carbons (Fsp3) is 0.211. The molecule has 128 valence electrons. The Bertz CT molecular complexity index is 858. The lowest BCUT2D eigenvalue weighted by Crippen LogP contribution is -2.14. The number of halogens is 1. The van der Waals surface area contributed by atoms with Gasteiger partial charge in [0.2, 0.25) is 5.95 Å². The van der Waals surface area contributed by atoms with Crippen molar-refractivity contribution in [1.29, 1.82) is 0 Å². The van der Waals surface area contributed by atoms with Crippen molar-refractivity contribution in [2.75, 3.05) is 38.0 Å². The molecule has 1 aromatic heterocycles. The van der Waals surface area contributed by atoms with Crippen molar-refractivity contribution in [2.24, 2.45) is 0 Å². The van der Waals surface area contributed by atoms with Crippen LogP contribution in [0.25, 0.3) is 22.5 Å². The van der Waals surface area contributed by atoms with Gasteiger partial charge in [0.05, 0.1) is 0 Å². The minimum Gasteiger partial charge on any atom is -0.378 e. The summed E-state index contributed by atoms with van der Waals surface area (Å²) in [4.78, 5) is 8.50. The Labute approximate surface area is 146 Å². The molecule has 2 aromatic carbocycles. The monoisotopic (exact) mass is 337 g/mol. The van der Waals surface area contributed by atoms with Crippen molar-refractivity contribution in [2.45, 2.75) is 0 Å². The Hall–Kier alpha value is -3.02. The van der Waals surface area contributed by atoms with Crippen molar-refractivity contribution in [1.82, 2.24) is 15.2 Å². The average Bonchev–Trinajstić information content (AvgIpc) is 2.62. The molecule has 3 rings (SSSR count). The number of hydrogen-bond donors (Lipinski definition) is 0. The van der Waals surface area contributed by atoms with Crippen LogP contribution in [-0.4, -0.2) is 43.4 Å². The second kappa shape index (κ2) is 6.84. The van der Waals surface area contributed by atoms with Crippen molar-refractivity contribution >= 4 is 11.6 Å². The van der Waals surface area contributed by atoms with Gasteiger partial charge in [-0.25, -0.2) is 9.37 Å². The van der Waals surface area contributed by atoms with E-state index in [0.29, 0.717) is 11.6 Å². The molecular formula is C19H20FN5. The molecule has 1 heterocycles. The van der Waals surface area contributed by atoms with Crippen LogP contribution >= 0.6 is 0 Å². The maximum Gasteiger partial charge on any atom is 0.245 e. The third kappa shape index (κ3) is 3.57. The highest BCUT2D eigenvalue weighted by Crippen LogP contribution is 2.30. The first kappa shape index (κ1) is 16.8. The van der Waals surface area contributed by atoms with E-state index in [1.165, 1.54) is 12.1 Å². The topological polar surface area (TPSA) is 45.2 Å². The molecule has 0 aliphatic carbocycles. The van der Waals surface area contributed by atoms with Crippen LogP contribution in [0.1, 0.15) is 0 Å². The quantitative estimate of drug-likeness (QED) is 0.729. The molecule has 0 saturated heterocycles. The van der Waals surface area contributed by atoms with Gasteiger partial charge in [0.1, 0.15) is 17.2 Å². The maximum absolute atomic E-state index is 13.3. The maximum atomic E-state index is 13.3. The molecule has 0 amide bonds. The summed E-state index contributed by atoms with van der Waals surface area (Å²) in [5.74, 6) is 0.240. The van der Waals surface area contributed by atoms with E-state index in [1.54, 1.807) is 17.0 Å².